The summed E-state index contributed by atoms with van der Waals surface area (Å²) in [7, 11) is 5.22. The molecule has 1 amide bonds. The van der Waals surface area contributed by atoms with E-state index in [0.29, 0.717) is 6.54 Å². The quantitative estimate of drug-likeness (QED) is 0.197. The maximum atomic E-state index is 13.5. The van der Waals surface area contributed by atoms with Gasteiger partial charge in [0.2, 0.25) is 0 Å². The van der Waals surface area contributed by atoms with Crippen molar-refractivity contribution in [2.45, 2.75) is 85.5 Å². The number of allylic oxidation sites excluding steroid dienone is 1. The van der Waals surface area contributed by atoms with Crippen LogP contribution in [0.25, 0.3) is 11.1 Å². The second-order valence-corrected chi connectivity index (χ2v) is 15.9. The van der Waals surface area contributed by atoms with E-state index in [1.807, 2.05) is 45.7 Å². The Morgan fingerprint density at radius 2 is 1.71 bits per heavy atom. The molecule has 9 heteroatoms. The molecule has 1 aliphatic carbocycles. The minimum absolute atomic E-state index is 0.0137. The van der Waals surface area contributed by atoms with E-state index in [-0.39, 0.29) is 34.0 Å². The van der Waals surface area contributed by atoms with Crippen LogP contribution in [0, 0.1) is 30.6 Å². The molecule has 51 heavy (non-hydrogen) atoms. The molecule has 0 N–H and O–H groups in total. The number of aryl methyl sites for hydroxylation is 1. The third-order valence-corrected chi connectivity index (χ3v) is 11.2. The van der Waals surface area contributed by atoms with Gasteiger partial charge in [0.25, 0.3) is 11.5 Å². The first-order valence-corrected chi connectivity index (χ1v) is 18.1. The molecule has 3 aliphatic rings. The number of amides is 1. The van der Waals surface area contributed by atoms with Crippen LogP contribution in [-0.4, -0.2) is 71.1 Å². The lowest BCUT2D eigenvalue weighted by Crippen LogP contribution is -2.54. The summed E-state index contributed by atoms with van der Waals surface area (Å²) in [6.07, 6.45) is 6.79. The largest absolute Gasteiger partial charge is 0.496 e. The van der Waals surface area contributed by atoms with Gasteiger partial charge >= 0.3 is 0 Å². The average Bonchev–Trinajstić information content (AvgIpc) is 3.87. The molecule has 0 radical (unpaired) electrons. The van der Waals surface area contributed by atoms with Gasteiger partial charge in [-0.25, -0.2) is 0 Å². The summed E-state index contributed by atoms with van der Waals surface area (Å²) < 4.78 is 13.6. The number of piperazine rings is 1. The van der Waals surface area contributed by atoms with Gasteiger partial charge in [0.15, 0.2) is 0 Å². The number of rotatable bonds is 8. The van der Waals surface area contributed by atoms with Crippen molar-refractivity contribution in [3.05, 3.63) is 91.9 Å². The summed E-state index contributed by atoms with van der Waals surface area (Å²) >= 11 is 0. The van der Waals surface area contributed by atoms with Crippen LogP contribution in [0.5, 0.6) is 11.5 Å². The van der Waals surface area contributed by atoms with E-state index < -0.39 is 0 Å². The number of pyridine rings is 1. The lowest BCUT2D eigenvalue weighted by atomic mass is 9.90. The maximum Gasteiger partial charge on any atom is 0.264 e. The molecule has 3 heterocycles. The van der Waals surface area contributed by atoms with Gasteiger partial charge in [-0.15, -0.1) is 0 Å². The highest BCUT2D eigenvalue weighted by molar-refractivity contribution is 5.97. The number of ether oxygens (including phenoxy) is 2. The standard InChI is InChI=1S/C42H53N5O4/c1-27-28(2)39(48)44(7)24-35(27)32-19-37(50-8)36(38(20-32)51-9)25-46-17-16-45(26-42(46)13-14-42)23-30-10-11-31-12-15-47(29(3)34(31)18-30)40(49)33(22-43)21-41(4,5)6/h10-11,18-21,24,29H,12-17,23,25-26H2,1-9H3. The molecule has 1 saturated carbocycles. The molecule has 9 nitrogen and oxygen atoms in total. The van der Waals surface area contributed by atoms with E-state index in [2.05, 4.69) is 53.1 Å². The molecule has 0 bridgehead atoms. The molecule has 6 rings (SSSR count). The molecule has 270 valence electrons. The summed E-state index contributed by atoms with van der Waals surface area (Å²) in [5.41, 5.74) is 8.54. The first kappa shape index (κ1) is 36.4. The van der Waals surface area contributed by atoms with Crippen molar-refractivity contribution in [2.24, 2.45) is 12.5 Å². The summed E-state index contributed by atoms with van der Waals surface area (Å²) in [5, 5.41) is 9.79. The highest BCUT2D eigenvalue weighted by Crippen LogP contribution is 2.47. The van der Waals surface area contributed by atoms with Gasteiger partial charge in [-0.2, -0.15) is 5.26 Å². The highest BCUT2D eigenvalue weighted by Gasteiger charge is 2.51. The summed E-state index contributed by atoms with van der Waals surface area (Å²) in [6, 6.07) is 13.0. The Morgan fingerprint density at radius 1 is 1.02 bits per heavy atom. The van der Waals surface area contributed by atoms with E-state index in [0.717, 1.165) is 91.3 Å². The second-order valence-electron chi connectivity index (χ2n) is 15.9. The topological polar surface area (TPSA) is 91.0 Å². The van der Waals surface area contributed by atoms with Crippen molar-refractivity contribution >= 4 is 5.91 Å². The first-order valence-electron chi connectivity index (χ1n) is 18.1. The monoisotopic (exact) mass is 691 g/mol. The Morgan fingerprint density at radius 3 is 2.31 bits per heavy atom. The molecular formula is C42H53N5O4. The minimum atomic E-state index is -0.249. The van der Waals surface area contributed by atoms with Crippen molar-refractivity contribution < 1.29 is 14.3 Å². The SMILES string of the molecule is COc1cc(-c2cn(C)c(=O)c(C)c2C)cc(OC)c1CN1CCN(Cc2ccc3c(c2)C(C)N(C(=O)C(C#N)=CC(C)(C)C)CC3)CC12CC2. The zero-order valence-corrected chi connectivity index (χ0v) is 31.9. The van der Waals surface area contributed by atoms with Gasteiger partial charge in [0.1, 0.15) is 23.1 Å². The average molecular weight is 692 g/mol. The number of carbonyl (C=O) groups excluding carboxylic acids is 1. The number of methoxy groups -OCH3 is 2. The van der Waals surface area contributed by atoms with Crippen LogP contribution in [-0.2, 0) is 31.4 Å². The number of aromatic nitrogens is 1. The Labute approximate surface area is 303 Å². The van der Waals surface area contributed by atoms with E-state index in [9.17, 15) is 14.9 Å². The van der Waals surface area contributed by atoms with Gasteiger partial charge in [-0.05, 0) is 85.4 Å². The lowest BCUT2D eigenvalue weighted by Gasteiger charge is -2.43. The molecule has 1 unspecified atom stereocenters. The number of hydrogen-bond acceptors (Lipinski definition) is 7. The second kappa shape index (κ2) is 14.0. The van der Waals surface area contributed by atoms with Crippen LogP contribution in [0.4, 0.5) is 0 Å². The van der Waals surface area contributed by atoms with Gasteiger partial charge in [0.05, 0.1) is 25.8 Å². The van der Waals surface area contributed by atoms with Gasteiger partial charge in [-0.3, -0.25) is 19.4 Å². The number of hydrogen-bond donors (Lipinski definition) is 0. The molecule has 2 aliphatic heterocycles. The molecule has 1 aromatic heterocycles. The van der Waals surface area contributed by atoms with Crippen molar-refractivity contribution in [3.8, 4) is 28.7 Å². The van der Waals surface area contributed by atoms with Gasteiger partial charge in [-0.1, -0.05) is 45.0 Å². The zero-order valence-electron chi connectivity index (χ0n) is 31.9. The number of nitriles is 1. The summed E-state index contributed by atoms with van der Waals surface area (Å²) in [5.74, 6) is 1.41. The Hall–Kier alpha value is -4.39. The van der Waals surface area contributed by atoms with Crippen molar-refractivity contribution in [1.82, 2.24) is 19.3 Å². The van der Waals surface area contributed by atoms with Crippen molar-refractivity contribution in [1.29, 1.82) is 5.26 Å². The molecular weight excluding hydrogens is 638 g/mol. The summed E-state index contributed by atoms with van der Waals surface area (Å²) in [6.45, 7) is 17.1. The Bertz CT molecular complexity index is 1950. The smallest absolute Gasteiger partial charge is 0.264 e. The molecule has 2 fully saturated rings. The fourth-order valence-electron chi connectivity index (χ4n) is 8.08. The molecule has 1 saturated heterocycles. The number of carbonyl (C=O) groups is 1. The normalized spacial score (nSPS) is 19.1. The molecule has 3 aromatic rings. The van der Waals surface area contributed by atoms with E-state index >= 15 is 0 Å². The van der Waals surface area contributed by atoms with Crippen LogP contribution >= 0.6 is 0 Å². The van der Waals surface area contributed by atoms with Crippen molar-refractivity contribution in [2.75, 3.05) is 40.4 Å². The predicted octanol–water partition coefficient (Wildman–Crippen LogP) is 6.48. The molecule has 1 spiro atoms. The van der Waals surface area contributed by atoms with Crippen LogP contribution in [0.1, 0.15) is 80.0 Å². The molecule has 1 atom stereocenters. The Kier molecular flexibility index (Phi) is 9.97. The highest BCUT2D eigenvalue weighted by atomic mass is 16.5. The van der Waals surface area contributed by atoms with Crippen LogP contribution < -0.4 is 15.0 Å². The van der Waals surface area contributed by atoms with E-state index in [4.69, 9.17) is 9.47 Å². The predicted molar refractivity (Wildman–Crippen MR) is 201 cm³/mol. The van der Waals surface area contributed by atoms with Crippen LogP contribution in [0.3, 0.4) is 0 Å². The Balaban J connectivity index is 1.17. The van der Waals surface area contributed by atoms with E-state index in [1.54, 1.807) is 31.9 Å². The third-order valence-electron chi connectivity index (χ3n) is 11.2. The van der Waals surface area contributed by atoms with E-state index in [1.165, 1.54) is 16.7 Å². The van der Waals surface area contributed by atoms with Crippen molar-refractivity contribution in [3.63, 3.8) is 0 Å². The first-order chi connectivity index (χ1) is 24.2. The molecule has 2 aromatic carbocycles. The minimum Gasteiger partial charge on any atom is -0.496 e. The van der Waals surface area contributed by atoms with Crippen LogP contribution in [0.2, 0.25) is 0 Å². The summed E-state index contributed by atoms with van der Waals surface area (Å²) in [4.78, 5) is 33.1. The van der Waals surface area contributed by atoms with Gasteiger partial charge < -0.3 is 18.9 Å². The fourth-order valence-corrected chi connectivity index (χ4v) is 8.08. The number of fused-ring (bicyclic) bond motifs is 1. The van der Waals surface area contributed by atoms with Gasteiger partial charge in [0, 0.05) is 69.2 Å². The zero-order chi connectivity index (χ0) is 36.8. The number of nitrogens with zero attached hydrogens (tertiary/aromatic N) is 5. The lowest BCUT2D eigenvalue weighted by molar-refractivity contribution is -0.129. The fraction of sp³-hybridized carbons (Fsp3) is 0.500. The van der Waals surface area contributed by atoms with Crippen LogP contribution in [0.15, 0.2) is 53.0 Å². The number of benzene rings is 2. The maximum absolute atomic E-state index is 13.5. The third kappa shape index (κ3) is 7.22.